The van der Waals surface area contributed by atoms with Crippen LogP contribution < -0.4 is 0 Å². The number of rotatable bonds is 27. The Morgan fingerprint density at radius 3 is 0.944 bits per heavy atom. The molecule has 0 saturated heterocycles. The lowest BCUT2D eigenvalue weighted by atomic mass is 9.87. The van der Waals surface area contributed by atoms with E-state index in [1.165, 1.54) is 141 Å². The van der Waals surface area contributed by atoms with E-state index in [0.29, 0.717) is 0 Å². The van der Waals surface area contributed by atoms with Crippen molar-refractivity contribution in [2.24, 2.45) is 11.8 Å². The standard InChI is InChI=1S/C36H66/c1-5-7-9-11-13-15-17-19-21-23-25-27-29-31-33-36(35(3)4)34-32-30-28-26-24-22-20-18-16-14-12-10-8-6-2/h7-10,27-30,35-36H,5-6,11-26,31-34H2,1-4H3/b9-7+,10-8+,29-27+,30-28+. The molecule has 0 saturated carbocycles. The van der Waals surface area contributed by atoms with Gasteiger partial charge in [-0.05, 0) is 102 Å². The van der Waals surface area contributed by atoms with Crippen molar-refractivity contribution in [3.63, 3.8) is 0 Å². The molecule has 0 unspecified atom stereocenters. The van der Waals surface area contributed by atoms with Crippen LogP contribution in [0.5, 0.6) is 0 Å². The van der Waals surface area contributed by atoms with Crippen molar-refractivity contribution in [2.45, 2.75) is 169 Å². The van der Waals surface area contributed by atoms with Gasteiger partial charge < -0.3 is 0 Å². The molecule has 0 atom stereocenters. The Hall–Kier alpha value is -1.04. The van der Waals surface area contributed by atoms with Crippen molar-refractivity contribution < 1.29 is 0 Å². The van der Waals surface area contributed by atoms with E-state index in [9.17, 15) is 0 Å². The zero-order valence-corrected chi connectivity index (χ0v) is 25.3. The van der Waals surface area contributed by atoms with Crippen LogP contribution >= 0.6 is 0 Å². The summed E-state index contributed by atoms with van der Waals surface area (Å²) in [6.45, 7) is 9.26. The maximum Gasteiger partial charge on any atom is -0.0348 e. The van der Waals surface area contributed by atoms with Crippen LogP contribution in [0.2, 0.25) is 0 Å². The second-order valence-electron chi connectivity index (χ2n) is 11.3. The molecular formula is C36H66. The van der Waals surface area contributed by atoms with Gasteiger partial charge in [-0.25, -0.2) is 0 Å². The van der Waals surface area contributed by atoms with Crippen LogP contribution in [0.25, 0.3) is 0 Å². The summed E-state index contributed by atoms with van der Waals surface area (Å²) < 4.78 is 0. The van der Waals surface area contributed by atoms with Gasteiger partial charge in [0.05, 0.1) is 0 Å². The number of hydrogen-bond acceptors (Lipinski definition) is 0. The monoisotopic (exact) mass is 499 g/mol. The van der Waals surface area contributed by atoms with Gasteiger partial charge in [0.1, 0.15) is 0 Å². The fourth-order valence-electron chi connectivity index (χ4n) is 4.94. The van der Waals surface area contributed by atoms with Gasteiger partial charge in [0.2, 0.25) is 0 Å². The van der Waals surface area contributed by atoms with Crippen molar-refractivity contribution in [3.8, 4) is 0 Å². The van der Waals surface area contributed by atoms with Gasteiger partial charge in [-0.2, -0.15) is 0 Å². The Bertz CT molecular complexity index is 474. The molecule has 0 aromatic heterocycles. The van der Waals surface area contributed by atoms with Crippen molar-refractivity contribution >= 4 is 0 Å². The number of allylic oxidation sites excluding steroid dienone is 8. The minimum Gasteiger partial charge on any atom is -0.0888 e. The summed E-state index contributed by atoms with van der Waals surface area (Å²) in [5, 5.41) is 0. The molecule has 0 spiro atoms. The molecule has 0 aromatic carbocycles. The van der Waals surface area contributed by atoms with Gasteiger partial charge in [0, 0.05) is 0 Å². The third kappa shape index (κ3) is 27.5. The summed E-state index contributed by atoms with van der Waals surface area (Å²) >= 11 is 0. The molecule has 0 radical (unpaired) electrons. The first-order valence-corrected chi connectivity index (χ1v) is 16.3. The van der Waals surface area contributed by atoms with Gasteiger partial charge >= 0.3 is 0 Å². The van der Waals surface area contributed by atoms with Crippen LogP contribution in [0.1, 0.15) is 169 Å². The van der Waals surface area contributed by atoms with Crippen LogP contribution in [0.15, 0.2) is 48.6 Å². The molecule has 0 amide bonds. The lowest BCUT2D eigenvalue weighted by Crippen LogP contribution is -2.08. The highest BCUT2D eigenvalue weighted by molar-refractivity contribution is 4.85. The number of hydrogen-bond donors (Lipinski definition) is 0. The molecular weight excluding hydrogens is 432 g/mol. The second kappa shape index (κ2) is 30.2. The lowest BCUT2D eigenvalue weighted by molar-refractivity contribution is 0.341. The fraction of sp³-hybridized carbons (Fsp3) is 0.778. The van der Waals surface area contributed by atoms with Gasteiger partial charge in [-0.15, -0.1) is 0 Å². The van der Waals surface area contributed by atoms with Crippen molar-refractivity contribution in [1.29, 1.82) is 0 Å². The van der Waals surface area contributed by atoms with Crippen LogP contribution in [0.3, 0.4) is 0 Å². The van der Waals surface area contributed by atoms with Gasteiger partial charge in [-0.3, -0.25) is 0 Å². The Morgan fingerprint density at radius 2 is 0.639 bits per heavy atom. The molecule has 0 nitrogen and oxygen atoms in total. The SMILES string of the molecule is CC/C=C/CCCCCCCC/C=C/CCC(CC/C=C/CCCCCCCC/C=C/CC)C(C)C. The predicted octanol–water partition coefficient (Wildman–Crippen LogP) is 13.1. The van der Waals surface area contributed by atoms with E-state index in [2.05, 4.69) is 76.3 Å². The molecule has 0 heterocycles. The summed E-state index contributed by atoms with van der Waals surface area (Å²) in [7, 11) is 0. The van der Waals surface area contributed by atoms with E-state index in [-0.39, 0.29) is 0 Å². The molecule has 0 N–H and O–H groups in total. The molecule has 0 aliphatic rings. The first kappa shape index (κ1) is 35.0. The largest absolute Gasteiger partial charge is 0.0888 e. The quantitative estimate of drug-likeness (QED) is 0.0780. The molecule has 0 heteroatoms. The van der Waals surface area contributed by atoms with Crippen molar-refractivity contribution in [3.05, 3.63) is 48.6 Å². The van der Waals surface area contributed by atoms with E-state index >= 15 is 0 Å². The Balaban J connectivity index is 3.59. The number of unbranched alkanes of at least 4 members (excludes halogenated alkanes) is 14. The zero-order valence-electron chi connectivity index (χ0n) is 25.3. The molecule has 0 aromatic rings. The average molecular weight is 499 g/mol. The van der Waals surface area contributed by atoms with Crippen LogP contribution in [-0.2, 0) is 0 Å². The van der Waals surface area contributed by atoms with Crippen molar-refractivity contribution in [2.75, 3.05) is 0 Å². The van der Waals surface area contributed by atoms with E-state index in [0.717, 1.165) is 11.8 Å². The molecule has 210 valence electrons. The Morgan fingerprint density at radius 1 is 0.361 bits per heavy atom. The van der Waals surface area contributed by atoms with Gasteiger partial charge in [0.15, 0.2) is 0 Å². The third-order valence-corrected chi connectivity index (χ3v) is 7.47. The highest BCUT2D eigenvalue weighted by Gasteiger charge is 2.11. The Kier molecular flexibility index (Phi) is 29.3. The fourth-order valence-corrected chi connectivity index (χ4v) is 4.94. The molecule has 0 bridgehead atoms. The molecule has 0 aliphatic heterocycles. The molecule has 0 aliphatic carbocycles. The maximum atomic E-state index is 2.47. The van der Waals surface area contributed by atoms with E-state index in [4.69, 9.17) is 0 Å². The maximum absolute atomic E-state index is 2.47. The second-order valence-corrected chi connectivity index (χ2v) is 11.3. The average Bonchev–Trinajstić information content (AvgIpc) is 2.87. The molecule has 36 heavy (non-hydrogen) atoms. The molecule has 0 rings (SSSR count). The highest BCUT2D eigenvalue weighted by Crippen LogP contribution is 2.23. The minimum atomic E-state index is 0.807. The van der Waals surface area contributed by atoms with Crippen LogP contribution in [0, 0.1) is 11.8 Å². The summed E-state index contributed by atoms with van der Waals surface area (Å²) in [6, 6.07) is 0. The first-order chi connectivity index (χ1) is 17.7. The van der Waals surface area contributed by atoms with Gasteiger partial charge in [-0.1, -0.05) is 128 Å². The minimum absolute atomic E-state index is 0.807. The Labute approximate surface area is 229 Å². The van der Waals surface area contributed by atoms with Gasteiger partial charge in [0.25, 0.3) is 0 Å². The summed E-state index contributed by atoms with van der Waals surface area (Å²) in [4.78, 5) is 0. The zero-order chi connectivity index (χ0) is 26.4. The lowest BCUT2D eigenvalue weighted by Gasteiger charge is -2.19. The summed E-state index contributed by atoms with van der Waals surface area (Å²) in [6.07, 6.45) is 48.7. The highest BCUT2D eigenvalue weighted by atomic mass is 14.2. The summed E-state index contributed by atoms with van der Waals surface area (Å²) in [5.41, 5.74) is 0. The third-order valence-electron chi connectivity index (χ3n) is 7.47. The van der Waals surface area contributed by atoms with E-state index in [1.54, 1.807) is 0 Å². The summed E-state index contributed by atoms with van der Waals surface area (Å²) in [5.74, 6) is 1.68. The van der Waals surface area contributed by atoms with E-state index in [1.807, 2.05) is 0 Å². The smallest absolute Gasteiger partial charge is 0.0348 e. The van der Waals surface area contributed by atoms with Crippen molar-refractivity contribution in [1.82, 2.24) is 0 Å². The first-order valence-electron chi connectivity index (χ1n) is 16.3. The van der Waals surface area contributed by atoms with E-state index < -0.39 is 0 Å². The predicted molar refractivity (Wildman–Crippen MR) is 168 cm³/mol. The van der Waals surface area contributed by atoms with Crippen LogP contribution in [0.4, 0.5) is 0 Å². The normalized spacial score (nSPS) is 12.7. The van der Waals surface area contributed by atoms with Crippen LogP contribution in [-0.4, -0.2) is 0 Å². The topological polar surface area (TPSA) is 0 Å². The molecule has 0 fully saturated rings.